The molecule has 0 spiro atoms. The van der Waals surface area contributed by atoms with E-state index in [1.165, 1.54) is 19.1 Å². The maximum absolute atomic E-state index is 13.6. The van der Waals surface area contributed by atoms with Crippen LogP contribution in [0.2, 0.25) is 5.02 Å². The summed E-state index contributed by atoms with van der Waals surface area (Å²) in [5, 5.41) is 12.0. The van der Waals surface area contributed by atoms with Crippen molar-refractivity contribution in [3.05, 3.63) is 70.1 Å². The van der Waals surface area contributed by atoms with Gasteiger partial charge in [-0.1, -0.05) is 37.1 Å². The van der Waals surface area contributed by atoms with Gasteiger partial charge in [-0.3, -0.25) is 9.59 Å². The van der Waals surface area contributed by atoms with Crippen LogP contribution in [-0.4, -0.2) is 42.5 Å². The number of methoxy groups -OCH3 is 2. The number of rotatable bonds is 8. The average Bonchev–Trinajstić information content (AvgIpc) is 3.35. The third-order valence-electron chi connectivity index (χ3n) is 5.73. The summed E-state index contributed by atoms with van der Waals surface area (Å²) in [5.41, 5.74) is 0.950. The third kappa shape index (κ3) is 3.93. The molecule has 0 bridgehead atoms. The van der Waals surface area contributed by atoms with Crippen LogP contribution in [0.5, 0.6) is 11.5 Å². The molecule has 1 aliphatic heterocycles. The molecule has 1 aliphatic rings. The van der Waals surface area contributed by atoms with Crippen LogP contribution in [-0.2, 0) is 4.79 Å². The first-order valence-corrected chi connectivity index (χ1v) is 11.0. The maximum atomic E-state index is 13.6. The lowest BCUT2D eigenvalue weighted by molar-refractivity contribution is -0.129. The zero-order valence-electron chi connectivity index (χ0n) is 18.6. The Morgan fingerprint density at radius 2 is 1.97 bits per heavy atom. The predicted octanol–water partition coefficient (Wildman–Crippen LogP) is 5.48. The number of nitrogens with zero attached hydrogens (tertiary/aromatic N) is 1. The molecular weight excluding hydrogens is 446 g/mol. The largest absolute Gasteiger partial charge is 0.503 e. The number of halogens is 1. The quantitative estimate of drug-likeness (QED) is 0.439. The first-order chi connectivity index (χ1) is 15.9. The van der Waals surface area contributed by atoms with E-state index in [-0.39, 0.29) is 11.3 Å². The standard InChI is InChI=1S/C25H24ClNO6/c1-4-5-11-27-21(16-7-6-8-18(31-2)24(16)32-3)20(23(29)25(27)30)22(28)19-13-14-12-15(26)9-10-17(14)33-19/h6-10,12-13,21,29H,4-5,11H2,1-3H3. The minimum atomic E-state index is -0.863. The number of carbonyl (C=O) groups is 2. The van der Waals surface area contributed by atoms with Gasteiger partial charge in [0, 0.05) is 22.5 Å². The van der Waals surface area contributed by atoms with E-state index in [2.05, 4.69) is 0 Å². The summed E-state index contributed by atoms with van der Waals surface area (Å²) >= 11 is 6.06. The monoisotopic (exact) mass is 469 g/mol. The number of ether oxygens (including phenoxy) is 2. The highest BCUT2D eigenvalue weighted by molar-refractivity contribution is 6.31. The number of aliphatic hydroxyl groups is 1. The molecule has 0 saturated heterocycles. The van der Waals surface area contributed by atoms with Crippen molar-refractivity contribution in [3.8, 4) is 11.5 Å². The molecule has 1 atom stereocenters. The van der Waals surface area contributed by atoms with E-state index in [9.17, 15) is 14.7 Å². The van der Waals surface area contributed by atoms with Crippen molar-refractivity contribution in [2.75, 3.05) is 20.8 Å². The van der Waals surface area contributed by atoms with Gasteiger partial charge in [0.2, 0.25) is 5.78 Å². The molecule has 4 rings (SSSR count). The first-order valence-electron chi connectivity index (χ1n) is 10.6. The molecule has 0 radical (unpaired) electrons. The van der Waals surface area contributed by atoms with Gasteiger partial charge < -0.3 is 23.9 Å². The van der Waals surface area contributed by atoms with E-state index in [4.69, 9.17) is 25.5 Å². The Balaban J connectivity index is 1.86. The van der Waals surface area contributed by atoms with Gasteiger partial charge in [0.25, 0.3) is 5.91 Å². The Bertz CT molecular complexity index is 1260. The smallest absolute Gasteiger partial charge is 0.290 e. The van der Waals surface area contributed by atoms with Crippen LogP contribution in [0.25, 0.3) is 11.0 Å². The number of hydrogen-bond acceptors (Lipinski definition) is 6. The number of Topliss-reactive ketones (excluding diaryl/α,β-unsaturated/α-hetero) is 1. The van der Waals surface area contributed by atoms with Crippen LogP contribution in [0.15, 0.2) is 58.2 Å². The summed E-state index contributed by atoms with van der Waals surface area (Å²) in [7, 11) is 3.00. The number of furan rings is 1. The van der Waals surface area contributed by atoms with Crippen LogP contribution in [0.1, 0.15) is 41.9 Å². The maximum Gasteiger partial charge on any atom is 0.290 e. The zero-order valence-corrected chi connectivity index (χ0v) is 19.3. The van der Waals surface area contributed by atoms with Gasteiger partial charge in [-0.15, -0.1) is 0 Å². The molecule has 0 fully saturated rings. The Kier molecular flexibility index (Phi) is 6.33. The molecule has 172 valence electrons. The molecule has 0 aliphatic carbocycles. The summed E-state index contributed by atoms with van der Waals surface area (Å²) in [6, 6.07) is 10.9. The highest BCUT2D eigenvalue weighted by Gasteiger charge is 2.45. The van der Waals surface area contributed by atoms with Crippen LogP contribution in [0.4, 0.5) is 0 Å². The number of amides is 1. The van der Waals surface area contributed by atoms with Crippen molar-refractivity contribution < 1.29 is 28.6 Å². The summed E-state index contributed by atoms with van der Waals surface area (Å²) in [4.78, 5) is 28.2. The molecule has 2 aromatic carbocycles. The number of hydrogen-bond donors (Lipinski definition) is 1. The van der Waals surface area contributed by atoms with Gasteiger partial charge in [-0.25, -0.2) is 0 Å². The van der Waals surface area contributed by atoms with Gasteiger partial charge in [0.1, 0.15) is 5.58 Å². The molecule has 7 nitrogen and oxygen atoms in total. The van der Waals surface area contributed by atoms with Crippen molar-refractivity contribution in [3.63, 3.8) is 0 Å². The Labute approximate surface area is 196 Å². The molecule has 8 heteroatoms. The van der Waals surface area contributed by atoms with Crippen LogP contribution in [0.3, 0.4) is 0 Å². The lowest BCUT2D eigenvalue weighted by atomic mass is 9.94. The summed E-state index contributed by atoms with van der Waals surface area (Å²) in [6.45, 7) is 2.36. The van der Waals surface area contributed by atoms with Crippen molar-refractivity contribution in [2.45, 2.75) is 25.8 Å². The number of ketones is 1. The number of carbonyl (C=O) groups excluding carboxylic acids is 2. The fraction of sp³-hybridized carbons (Fsp3) is 0.280. The minimum Gasteiger partial charge on any atom is -0.503 e. The van der Waals surface area contributed by atoms with Crippen molar-refractivity contribution in [1.29, 1.82) is 0 Å². The number of fused-ring (bicyclic) bond motifs is 1. The molecule has 3 aromatic rings. The summed E-state index contributed by atoms with van der Waals surface area (Å²) in [6.07, 6.45) is 1.53. The van der Waals surface area contributed by atoms with E-state index in [0.29, 0.717) is 46.0 Å². The fourth-order valence-corrected chi connectivity index (χ4v) is 4.33. The van der Waals surface area contributed by atoms with E-state index in [1.54, 1.807) is 42.5 Å². The average molecular weight is 470 g/mol. The molecule has 0 saturated carbocycles. The third-order valence-corrected chi connectivity index (χ3v) is 5.97. The summed E-state index contributed by atoms with van der Waals surface area (Å²) in [5.74, 6) is -0.941. The topological polar surface area (TPSA) is 89.2 Å². The molecule has 1 unspecified atom stereocenters. The molecule has 1 N–H and O–H groups in total. The van der Waals surface area contributed by atoms with Gasteiger partial charge in [-0.2, -0.15) is 0 Å². The van der Waals surface area contributed by atoms with Crippen LogP contribution < -0.4 is 9.47 Å². The van der Waals surface area contributed by atoms with Crippen molar-refractivity contribution in [2.24, 2.45) is 0 Å². The predicted molar refractivity (Wildman–Crippen MR) is 124 cm³/mol. The SMILES string of the molecule is CCCCN1C(=O)C(O)=C(C(=O)c2cc3cc(Cl)ccc3o2)C1c1cccc(OC)c1OC. The molecule has 33 heavy (non-hydrogen) atoms. The molecule has 1 aromatic heterocycles. The second-order valence-corrected chi connectivity index (χ2v) is 8.16. The van der Waals surface area contributed by atoms with E-state index >= 15 is 0 Å². The Morgan fingerprint density at radius 1 is 1.18 bits per heavy atom. The Morgan fingerprint density at radius 3 is 2.67 bits per heavy atom. The van der Waals surface area contributed by atoms with E-state index in [0.717, 1.165) is 6.42 Å². The van der Waals surface area contributed by atoms with Crippen LogP contribution >= 0.6 is 11.6 Å². The van der Waals surface area contributed by atoms with Gasteiger partial charge in [0.15, 0.2) is 23.0 Å². The second kappa shape index (κ2) is 9.19. The van der Waals surface area contributed by atoms with Crippen molar-refractivity contribution in [1.82, 2.24) is 4.90 Å². The van der Waals surface area contributed by atoms with Gasteiger partial charge in [-0.05, 0) is 36.8 Å². The highest BCUT2D eigenvalue weighted by Crippen LogP contribution is 2.45. The first kappa shape index (κ1) is 22.7. The fourth-order valence-electron chi connectivity index (χ4n) is 4.15. The molecule has 1 amide bonds. The summed E-state index contributed by atoms with van der Waals surface area (Å²) < 4.78 is 16.7. The lowest BCUT2D eigenvalue weighted by Gasteiger charge is -2.28. The normalized spacial score (nSPS) is 16.1. The number of para-hydroxylation sites is 1. The minimum absolute atomic E-state index is 0.00539. The van der Waals surface area contributed by atoms with E-state index in [1.807, 2.05) is 6.92 Å². The number of aliphatic hydroxyl groups excluding tert-OH is 1. The van der Waals surface area contributed by atoms with Gasteiger partial charge in [0.05, 0.1) is 25.8 Å². The number of benzene rings is 2. The Hall–Kier alpha value is -3.45. The lowest BCUT2D eigenvalue weighted by Crippen LogP contribution is -2.32. The second-order valence-electron chi connectivity index (χ2n) is 7.72. The van der Waals surface area contributed by atoms with Crippen LogP contribution in [0, 0.1) is 0 Å². The molecule has 2 heterocycles. The van der Waals surface area contributed by atoms with Crippen molar-refractivity contribution >= 4 is 34.3 Å². The zero-order chi connectivity index (χ0) is 23.7. The van der Waals surface area contributed by atoms with Gasteiger partial charge >= 0.3 is 0 Å². The highest BCUT2D eigenvalue weighted by atomic mass is 35.5. The number of unbranched alkanes of at least 4 members (excludes halogenated alkanes) is 1. The van der Waals surface area contributed by atoms with E-state index < -0.39 is 23.5 Å². The molecular formula is C25H24ClNO6.